The second-order valence-electron chi connectivity index (χ2n) is 6.26. The first-order valence-corrected chi connectivity index (χ1v) is 9.17. The number of carbonyl (C=O) groups excluding carboxylic acids is 2. The van der Waals surface area contributed by atoms with E-state index in [1.165, 1.54) is 24.1 Å². The van der Waals surface area contributed by atoms with Gasteiger partial charge in [0.05, 0.1) is 12.3 Å². The minimum absolute atomic E-state index is 0.0549. The molecule has 0 aliphatic heterocycles. The molecule has 0 unspecified atom stereocenters. The van der Waals surface area contributed by atoms with E-state index in [0.29, 0.717) is 5.69 Å². The van der Waals surface area contributed by atoms with E-state index in [1.54, 1.807) is 19.1 Å². The average Bonchev–Trinajstić information content (AvgIpc) is 2.74. The molecule has 2 aromatic carbocycles. The molecule has 0 saturated heterocycles. The summed E-state index contributed by atoms with van der Waals surface area (Å²) < 4.78 is 6.14. The molecule has 148 valence electrons. The molecule has 0 N–H and O–H groups in total. The number of hydrogen-bond acceptors (Lipinski definition) is 5. The quantitative estimate of drug-likeness (QED) is 0.604. The fourth-order valence-electron chi connectivity index (χ4n) is 2.93. The molecule has 7 nitrogen and oxygen atoms in total. The number of aromatic nitrogens is 2. The van der Waals surface area contributed by atoms with Gasteiger partial charge in [0, 0.05) is 18.7 Å². The van der Waals surface area contributed by atoms with E-state index in [1.807, 2.05) is 42.5 Å². The molecule has 3 aromatic rings. The molecule has 0 saturated carbocycles. The minimum atomic E-state index is -0.534. The van der Waals surface area contributed by atoms with E-state index in [0.717, 1.165) is 15.8 Å². The first-order valence-electron chi connectivity index (χ1n) is 9.17. The van der Waals surface area contributed by atoms with Crippen molar-refractivity contribution in [3.8, 4) is 11.1 Å². The zero-order valence-corrected chi connectivity index (χ0v) is 16.2. The third kappa shape index (κ3) is 4.57. The van der Waals surface area contributed by atoms with E-state index >= 15 is 0 Å². The fourth-order valence-corrected chi connectivity index (χ4v) is 2.93. The Bertz CT molecular complexity index is 1080. The highest BCUT2D eigenvalue weighted by atomic mass is 16.5. The summed E-state index contributed by atoms with van der Waals surface area (Å²) in [6, 6.07) is 19.5. The van der Waals surface area contributed by atoms with Gasteiger partial charge in [-0.1, -0.05) is 48.5 Å². The van der Waals surface area contributed by atoms with Crippen molar-refractivity contribution in [1.82, 2.24) is 9.78 Å². The van der Waals surface area contributed by atoms with Gasteiger partial charge in [-0.2, -0.15) is 5.10 Å². The molecule has 0 aliphatic carbocycles. The molecule has 0 fully saturated rings. The first-order chi connectivity index (χ1) is 14.0. The summed E-state index contributed by atoms with van der Waals surface area (Å²) in [7, 11) is 1.46. The Morgan fingerprint density at radius 2 is 1.69 bits per heavy atom. The van der Waals surface area contributed by atoms with E-state index in [4.69, 9.17) is 4.74 Å². The molecule has 0 radical (unpaired) electrons. The van der Waals surface area contributed by atoms with Gasteiger partial charge in [0.25, 0.3) is 11.5 Å². The van der Waals surface area contributed by atoms with Gasteiger partial charge in [-0.3, -0.25) is 19.3 Å². The summed E-state index contributed by atoms with van der Waals surface area (Å²) in [5.41, 5.74) is 1.96. The van der Waals surface area contributed by atoms with Gasteiger partial charge >= 0.3 is 5.97 Å². The van der Waals surface area contributed by atoms with E-state index in [2.05, 4.69) is 5.10 Å². The number of amides is 1. The number of benzene rings is 2. The molecule has 0 spiro atoms. The molecular formula is C22H21N3O4. The van der Waals surface area contributed by atoms with Gasteiger partial charge in [-0.25, -0.2) is 4.68 Å². The summed E-state index contributed by atoms with van der Waals surface area (Å²) in [5.74, 6) is -1.04. The molecule has 0 atom stereocenters. The van der Waals surface area contributed by atoms with Crippen molar-refractivity contribution in [3.05, 3.63) is 82.8 Å². The standard InChI is InChI=1S/C22H21N3O4/c1-3-29-21(27)15-25(22(28)18-13-14-20(26)24(2)23-18)19-12-8-7-11-17(19)16-9-5-4-6-10-16/h4-14H,3,15H2,1-2H3. The number of carbonyl (C=O) groups is 2. The second-order valence-corrected chi connectivity index (χ2v) is 6.26. The number of anilines is 1. The van der Waals surface area contributed by atoms with Crippen molar-refractivity contribution in [2.24, 2.45) is 7.05 Å². The monoisotopic (exact) mass is 391 g/mol. The Morgan fingerprint density at radius 3 is 2.38 bits per heavy atom. The number of aryl methyl sites for hydroxylation is 1. The van der Waals surface area contributed by atoms with Crippen LogP contribution < -0.4 is 10.5 Å². The summed E-state index contributed by atoms with van der Waals surface area (Å²) in [4.78, 5) is 38.5. The van der Waals surface area contributed by atoms with Crippen molar-refractivity contribution in [2.45, 2.75) is 6.92 Å². The van der Waals surface area contributed by atoms with E-state index < -0.39 is 11.9 Å². The maximum Gasteiger partial charge on any atom is 0.326 e. The predicted octanol–water partition coefficient (Wildman–Crippen LogP) is 2.66. The van der Waals surface area contributed by atoms with Crippen LogP contribution in [0.5, 0.6) is 0 Å². The van der Waals surface area contributed by atoms with Gasteiger partial charge in [0.1, 0.15) is 12.2 Å². The van der Waals surface area contributed by atoms with Gasteiger partial charge < -0.3 is 4.74 Å². The number of esters is 1. The lowest BCUT2D eigenvalue weighted by Crippen LogP contribution is -2.38. The smallest absolute Gasteiger partial charge is 0.326 e. The van der Waals surface area contributed by atoms with E-state index in [9.17, 15) is 14.4 Å². The van der Waals surface area contributed by atoms with Gasteiger partial charge in [-0.15, -0.1) is 0 Å². The maximum absolute atomic E-state index is 13.3. The van der Waals surface area contributed by atoms with Crippen LogP contribution in [0.2, 0.25) is 0 Å². The van der Waals surface area contributed by atoms with Crippen LogP contribution in [-0.2, 0) is 16.6 Å². The van der Waals surface area contributed by atoms with Crippen LogP contribution in [0, 0.1) is 0 Å². The number of para-hydroxylation sites is 1. The van der Waals surface area contributed by atoms with Crippen molar-refractivity contribution >= 4 is 17.6 Å². The minimum Gasteiger partial charge on any atom is -0.465 e. The van der Waals surface area contributed by atoms with Crippen LogP contribution in [0.4, 0.5) is 5.69 Å². The van der Waals surface area contributed by atoms with Crippen LogP contribution in [0.25, 0.3) is 11.1 Å². The molecule has 1 heterocycles. The molecule has 1 aromatic heterocycles. The van der Waals surface area contributed by atoms with E-state index in [-0.39, 0.29) is 24.4 Å². The number of nitrogens with zero attached hydrogens (tertiary/aromatic N) is 3. The van der Waals surface area contributed by atoms with Crippen LogP contribution in [-0.4, -0.2) is 34.8 Å². The van der Waals surface area contributed by atoms with Crippen molar-refractivity contribution in [1.29, 1.82) is 0 Å². The Morgan fingerprint density at radius 1 is 1.00 bits per heavy atom. The normalized spacial score (nSPS) is 10.4. The van der Waals surface area contributed by atoms with Crippen LogP contribution in [0.3, 0.4) is 0 Å². The van der Waals surface area contributed by atoms with Gasteiger partial charge in [0.2, 0.25) is 0 Å². The molecular weight excluding hydrogens is 370 g/mol. The Labute approximate surface area is 168 Å². The highest BCUT2D eigenvalue weighted by Crippen LogP contribution is 2.31. The highest BCUT2D eigenvalue weighted by molar-refractivity contribution is 6.09. The topological polar surface area (TPSA) is 81.5 Å². The third-order valence-electron chi connectivity index (χ3n) is 4.30. The molecule has 1 amide bonds. The molecule has 7 heteroatoms. The number of ether oxygens (including phenoxy) is 1. The fraction of sp³-hybridized carbons (Fsp3) is 0.182. The third-order valence-corrected chi connectivity index (χ3v) is 4.30. The lowest BCUT2D eigenvalue weighted by molar-refractivity contribution is -0.141. The summed E-state index contributed by atoms with van der Waals surface area (Å²) >= 11 is 0. The summed E-state index contributed by atoms with van der Waals surface area (Å²) in [5, 5.41) is 4.04. The van der Waals surface area contributed by atoms with Crippen molar-refractivity contribution in [2.75, 3.05) is 18.1 Å². The largest absolute Gasteiger partial charge is 0.465 e. The molecule has 0 aliphatic rings. The number of hydrogen-bond donors (Lipinski definition) is 0. The van der Waals surface area contributed by atoms with Crippen LogP contribution in [0.15, 0.2) is 71.5 Å². The molecule has 29 heavy (non-hydrogen) atoms. The SMILES string of the molecule is CCOC(=O)CN(C(=O)c1ccc(=O)n(C)n1)c1ccccc1-c1ccccc1. The summed E-state index contributed by atoms with van der Waals surface area (Å²) in [6.45, 7) is 1.64. The lowest BCUT2D eigenvalue weighted by atomic mass is 10.0. The zero-order valence-electron chi connectivity index (χ0n) is 16.2. The summed E-state index contributed by atoms with van der Waals surface area (Å²) in [6.07, 6.45) is 0. The Hall–Kier alpha value is -3.74. The predicted molar refractivity (Wildman–Crippen MR) is 110 cm³/mol. The Balaban J connectivity index is 2.09. The number of rotatable bonds is 6. The van der Waals surface area contributed by atoms with Crippen molar-refractivity contribution < 1.29 is 14.3 Å². The highest BCUT2D eigenvalue weighted by Gasteiger charge is 2.25. The second kappa shape index (κ2) is 8.97. The van der Waals surface area contributed by atoms with Gasteiger partial charge in [-0.05, 0) is 24.6 Å². The van der Waals surface area contributed by atoms with Crippen LogP contribution in [0.1, 0.15) is 17.4 Å². The molecule has 0 bridgehead atoms. The van der Waals surface area contributed by atoms with Gasteiger partial charge in [0.15, 0.2) is 0 Å². The molecule has 3 rings (SSSR count). The average molecular weight is 391 g/mol. The lowest BCUT2D eigenvalue weighted by Gasteiger charge is -2.24. The van der Waals surface area contributed by atoms with Crippen LogP contribution >= 0.6 is 0 Å². The first kappa shape index (κ1) is 20.0. The Kier molecular flexibility index (Phi) is 6.19. The van der Waals surface area contributed by atoms with Crippen molar-refractivity contribution in [3.63, 3.8) is 0 Å². The maximum atomic E-state index is 13.3. The zero-order chi connectivity index (χ0) is 20.8.